The third-order valence-corrected chi connectivity index (χ3v) is 5.55. The largest absolute Gasteiger partial charge is 0.490 e. The van der Waals surface area contributed by atoms with Gasteiger partial charge in [-0.25, -0.2) is 0 Å². The molecule has 0 atom stereocenters. The average molecular weight is 495 g/mol. The van der Waals surface area contributed by atoms with E-state index in [2.05, 4.69) is 40.3 Å². The minimum Gasteiger partial charge on any atom is -0.490 e. The molecule has 0 aliphatic rings. The maximum Gasteiger partial charge on any atom is 0.175 e. The van der Waals surface area contributed by atoms with Gasteiger partial charge in [-0.15, -0.1) is 0 Å². The van der Waals surface area contributed by atoms with Gasteiger partial charge < -0.3 is 14.8 Å². The van der Waals surface area contributed by atoms with E-state index in [9.17, 15) is 0 Å². The summed E-state index contributed by atoms with van der Waals surface area (Å²) in [7, 11) is 0. The summed E-state index contributed by atoms with van der Waals surface area (Å²) in [6.07, 6.45) is 0. The molecule has 0 aromatic heterocycles. The van der Waals surface area contributed by atoms with E-state index < -0.39 is 0 Å². The molecule has 0 saturated heterocycles. The molecule has 1 N–H and O–H groups in total. The van der Waals surface area contributed by atoms with E-state index in [1.165, 1.54) is 5.56 Å². The molecule has 0 fully saturated rings. The summed E-state index contributed by atoms with van der Waals surface area (Å²) in [4.78, 5) is 0. The van der Waals surface area contributed by atoms with E-state index in [0.717, 1.165) is 21.3 Å². The smallest absolute Gasteiger partial charge is 0.175 e. The lowest BCUT2D eigenvalue weighted by molar-refractivity contribution is 0.267. The molecule has 152 valence electrons. The van der Waals surface area contributed by atoms with E-state index >= 15 is 0 Å². The van der Waals surface area contributed by atoms with Crippen LogP contribution >= 0.6 is 39.1 Å². The van der Waals surface area contributed by atoms with Gasteiger partial charge in [0.25, 0.3) is 0 Å². The SMILES string of the molecule is CCOc1cc(CNc2ccc(Cl)cc2Cl)cc(Br)c1OCc1ccccc1C. The molecule has 0 heterocycles. The minimum atomic E-state index is 0.476. The Kier molecular flexibility index (Phi) is 7.70. The summed E-state index contributed by atoms with van der Waals surface area (Å²) in [6, 6.07) is 17.6. The summed E-state index contributed by atoms with van der Waals surface area (Å²) in [5, 5.41) is 4.52. The highest BCUT2D eigenvalue weighted by atomic mass is 79.9. The Balaban J connectivity index is 1.77. The van der Waals surface area contributed by atoms with E-state index in [1.807, 2.05) is 37.3 Å². The van der Waals surface area contributed by atoms with Crippen LogP contribution in [0.15, 0.2) is 59.1 Å². The Bertz CT molecular complexity index is 995. The van der Waals surface area contributed by atoms with Crippen LogP contribution in [-0.4, -0.2) is 6.61 Å². The highest BCUT2D eigenvalue weighted by Gasteiger charge is 2.13. The fourth-order valence-corrected chi connectivity index (χ4v) is 3.96. The minimum absolute atomic E-state index is 0.476. The van der Waals surface area contributed by atoms with Gasteiger partial charge in [-0.1, -0.05) is 47.5 Å². The third kappa shape index (κ3) is 5.81. The maximum absolute atomic E-state index is 6.24. The van der Waals surface area contributed by atoms with Crippen LogP contribution in [-0.2, 0) is 13.2 Å². The average Bonchev–Trinajstić information content (AvgIpc) is 2.68. The van der Waals surface area contributed by atoms with Gasteiger partial charge in [0.2, 0.25) is 0 Å². The van der Waals surface area contributed by atoms with Crippen LogP contribution in [0.2, 0.25) is 10.0 Å². The zero-order valence-electron chi connectivity index (χ0n) is 16.3. The Labute approximate surface area is 190 Å². The molecule has 29 heavy (non-hydrogen) atoms. The Hall–Kier alpha value is -1.88. The quantitative estimate of drug-likeness (QED) is 0.348. The van der Waals surface area contributed by atoms with Crippen LogP contribution in [0.3, 0.4) is 0 Å². The molecule has 0 unspecified atom stereocenters. The van der Waals surface area contributed by atoms with E-state index in [-0.39, 0.29) is 0 Å². The molecule has 0 bridgehead atoms. The third-order valence-electron chi connectivity index (χ3n) is 4.42. The highest BCUT2D eigenvalue weighted by molar-refractivity contribution is 9.10. The second kappa shape index (κ2) is 10.2. The monoisotopic (exact) mass is 493 g/mol. The molecule has 3 rings (SSSR count). The number of anilines is 1. The van der Waals surface area contributed by atoms with Crippen LogP contribution in [0.25, 0.3) is 0 Å². The van der Waals surface area contributed by atoms with Crippen molar-refractivity contribution in [3.8, 4) is 11.5 Å². The summed E-state index contributed by atoms with van der Waals surface area (Å²) in [5.74, 6) is 1.40. The zero-order valence-corrected chi connectivity index (χ0v) is 19.4. The number of hydrogen-bond acceptors (Lipinski definition) is 3. The van der Waals surface area contributed by atoms with E-state index in [0.29, 0.717) is 41.3 Å². The first-order chi connectivity index (χ1) is 14.0. The van der Waals surface area contributed by atoms with Gasteiger partial charge in [0.15, 0.2) is 11.5 Å². The van der Waals surface area contributed by atoms with Gasteiger partial charge in [0.05, 0.1) is 21.8 Å². The lowest BCUT2D eigenvalue weighted by Gasteiger charge is -2.17. The fourth-order valence-electron chi connectivity index (χ4n) is 2.88. The van der Waals surface area contributed by atoms with Crippen LogP contribution in [0.5, 0.6) is 11.5 Å². The number of aryl methyl sites for hydroxylation is 1. The van der Waals surface area contributed by atoms with Crippen LogP contribution in [0, 0.1) is 6.92 Å². The fraction of sp³-hybridized carbons (Fsp3) is 0.217. The number of rotatable bonds is 8. The second-order valence-electron chi connectivity index (χ2n) is 6.53. The summed E-state index contributed by atoms with van der Waals surface area (Å²) >= 11 is 15.8. The molecule has 3 aromatic rings. The molecule has 0 aliphatic carbocycles. The lowest BCUT2D eigenvalue weighted by Crippen LogP contribution is -2.04. The van der Waals surface area contributed by atoms with Crippen molar-refractivity contribution in [2.75, 3.05) is 11.9 Å². The molecule has 0 saturated carbocycles. The molecule has 0 radical (unpaired) electrons. The first-order valence-electron chi connectivity index (χ1n) is 9.29. The molecule has 6 heteroatoms. The van der Waals surface area contributed by atoms with E-state index in [1.54, 1.807) is 12.1 Å². The Morgan fingerprint density at radius 2 is 1.79 bits per heavy atom. The molecule has 0 spiro atoms. The topological polar surface area (TPSA) is 30.5 Å². The van der Waals surface area contributed by atoms with Crippen molar-refractivity contribution in [1.82, 2.24) is 0 Å². The predicted octanol–water partition coefficient (Wildman–Crippen LogP) is 7.65. The first kappa shape index (κ1) is 21.8. The van der Waals surface area contributed by atoms with Gasteiger partial charge in [0.1, 0.15) is 6.61 Å². The number of nitrogens with one attached hydrogen (secondary N) is 1. The number of hydrogen-bond donors (Lipinski definition) is 1. The molecular formula is C23H22BrCl2NO2. The maximum atomic E-state index is 6.24. The number of benzene rings is 3. The van der Waals surface area contributed by atoms with Crippen molar-refractivity contribution < 1.29 is 9.47 Å². The summed E-state index contributed by atoms with van der Waals surface area (Å²) < 4.78 is 12.8. The van der Waals surface area contributed by atoms with Crippen molar-refractivity contribution in [2.24, 2.45) is 0 Å². The van der Waals surface area contributed by atoms with Crippen molar-refractivity contribution in [3.05, 3.63) is 85.8 Å². The summed E-state index contributed by atoms with van der Waals surface area (Å²) in [6.45, 7) is 5.64. The first-order valence-corrected chi connectivity index (χ1v) is 10.8. The number of ether oxygens (including phenoxy) is 2. The molecule has 0 amide bonds. The van der Waals surface area contributed by atoms with Gasteiger partial charge in [0, 0.05) is 11.6 Å². The normalized spacial score (nSPS) is 10.7. The predicted molar refractivity (Wildman–Crippen MR) is 125 cm³/mol. The van der Waals surface area contributed by atoms with Crippen LogP contribution in [0.4, 0.5) is 5.69 Å². The Morgan fingerprint density at radius 3 is 2.52 bits per heavy atom. The van der Waals surface area contributed by atoms with Crippen LogP contribution < -0.4 is 14.8 Å². The number of halogens is 3. The molecule has 0 aliphatic heterocycles. The zero-order chi connectivity index (χ0) is 20.8. The van der Waals surface area contributed by atoms with Gasteiger partial charge in [-0.05, 0) is 76.8 Å². The van der Waals surface area contributed by atoms with Crippen molar-refractivity contribution in [2.45, 2.75) is 27.0 Å². The molecule has 3 aromatic carbocycles. The van der Waals surface area contributed by atoms with Gasteiger partial charge >= 0.3 is 0 Å². The van der Waals surface area contributed by atoms with Crippen molar-refractivity contribution in [3.63, 3.8) is 0 Å². The lowest BCUT2D eigenvalue weighted by atomic mass is 10.1. The standard InChI is InChI=1S/C23H22BrCl2NO2/c1-3-28-22-11-16(13-27-21-9-8-18(25)12-20(21)26)10-19(24)23(22)29-14-17-7-5-4-6-15(17)2/h4-12,27H,3,13-14H2,1-2H3. The van der Waals surface area contributed by atoms with Crippen molar-refractivity contribution in [1.29, 1.82) is 0 Å². The molecular weight excluding hydrogens is 473 g/mol. The Morgan fingerprint density at radius 1 is 1.00 bits per heavy atom. The highest BCUT2D eigenvalue weighted by Crippen LogP contribution is 2.38. The van der Waals surface area contributed by atoms with Crippen molar-refractivity contribution >= 4 is 44.8 Å². The van der Waals surface area contributed by atoms with Gasteiger partial charge in [-0.3, -0.25) is 0 Å². The summed E-state index contributed by atoms with van der Waals surface area (Å²) in [5.41, 5.74) is 4.20. The van der Waals surface area contributed by atoms with Crippen LogP contribution in [0.1, 0.15) is 23.6 Å². The van der Waals surface area contributed by atoms with E-state index in [4.69, 9.17) is 32.7 Å². The van der Waals surface area contributed by atoms with Gasteiger partial charge in [-0.2, -0.15) is 0 Å². The second-order valence-corrected chi connectivity index (χ2v) is 8.23. The molecule has 3 nitrogen and oxygen atoms in total.